The molecule has 1 aromatic rings. The number of rotatable bonds is 5. The van der Waals surface area contributed by atoms with Crippen molar-refractivity contribution < 1.29 is 4.79 Å². The SMILES string of the molecule is CC(C)CC(=O)N[C@H](Nc1ccc(Cl)cc1Cl)C(Cl)(Cl)Cl. The number of amides is 1. The Labute approximate surface area is 149 Å². The summed E-state index contributed by atoms with van der Waals surface area (Å²) in [4.78, 5) is 11.9. The van der Waals surface area contributed by atoms with E-state index in [1.54, 1.807) is 18.2 Å². The summed E-state index contributed by atoms with van der Waals surface area (Å²) in [5.74, 6) is -0.0287. The van der Waals surface area contributed by atoms with Gasteiger partial charge in [0.05, 0.1) is 10.7 Å². The van der Waals surface area contributed by atoms with E-state index in [4.69, 9.17) is 58.0 Å². The summed E-state index contributed by atoms with van der Waals surface area (Å²) in [7, 11) is 0. The maximum absolute atomic E-state index is 11.9. The van der Waals surface area contributed by atoms with Gasteiger partial charge in [0.1, 0.15) is 6.17 Å². The van der Waals surface area contributed by atoms with Crippen LogP contribution in [0.4, 0.5) is 5.69 Å². The molecule has 0 bridgehead atoms. The average Bonchev–Trinajstić information content (AvgIpc) is 2.29. The summed E-state index contributed by atoms with van der Waals surface area (Å²) >= 11 is 29.6. The quantitative estimate of drug-likeness (QED) is 0.530. The van der Waals surface area contributed by atoms with E-state index >= 15 is 0 Å². The summed E-state index contributed by atoms with van der Waals surface area (Å²) in [5, 5.41) is 6.39. The van der Waals surface area contributed by atoms with Crippen molar-refractivity contribution in [1.29, 1.82) is 0 Å². The van der Waals surface area contributed by atoms with Crippen molar-refractivity contribution in [3.63, 3.8) is 0 Å². The minimum atomic E-state index is -1.74. The molecule has 1 aromatic carbocycles. The molecule has 0 aromatic heterocycles. The van der Waals surface area contributed by atoms with Gasteiger partial charge in [0.25, 0.3) is 0 Å². The zero-order chi connectivity index (χ0) is 16.2. The van der Waals surface area contributed by atoms with Crippen molar-refractivity contribution in [2.75, 3.05) is 5.32 Å². The van der Waals surface area contributed by atoms with Gasteiger partial charge in [-0.3, -0.25) is 4.79 Å². The molecule has 0 radical (unpaired) electrons. The number of carbonyl (C=O) groups is 1. The normalized spacial score (nSPS) is 13.1. The molecular formula is C13H15Cl5N2O. The predicted molar refractivity (Wildman–Crippen MR) is 91.8 cm³/mol. The number of anilines is 1. The molecule has 118 valence electrons. The Kier molecular flexibility index (Phi) is 7.21. The first-order valence-corrected chi connectivity index (χ1v) is 8.06. The Bertz CT molecular complexity index is 502. The maximum Gasteiger partial charge on any atom is 0.228 e. The van der Waals surface area contributed by atoms with Crippen molar-refractivity contribution in [2.45, 2.75) is 30.2 Å². The number of halogens is 5. The van der Waals surface area contributed by atoms with E-state index in [0.717, 1.165) is 0 Å². The molecule has 2 N–H and O–H groups in total. The molecule has 0 aliphatic rings. The largest absolute Gasteiger partial charge is 0.361 e. The Morgan fingerprint density at radius 3 is 2.33 bits per heavy atom. The third-order valence-electron chi connectivity index (χ3n) is 2.46. The predicted octanol–water partition coefficient (Wildman–Crippen LogP) is 5.26. The molecule has 8 heteroatoms. The lowest BCUT2D eigenvalue weighted by atomic mass is 10.1. The highest BCUT2D eigenvalue weighted by atomic mass is 35.6. The fraction of sp³-hybridized carbons (Fsp3) is 0.462. The summed E-state index contributed by atoms with van der Waals surface area (Å²) in [5.41, 5.74) is 0.502. The highest BCUT2D eigenvalue weighted by Crippen LogP contribution is 2.33. The molecule has 0 spiro atoms. The number of nitrogens with one attached hydrogen (secondary N) is 2. The third-order valence-corrected chi connectivity index (χ3v) is 3.66. The molecule has 0 fully saturated rings. The van der Waals surface area contributed by atoms with E-state index in [2.05, 4.69) is 10.6 Å². The van der Waals surface area contributed by atoms with Crippen LogP contribution >= 0.6 is 58.0 Å². The van der Waals surface area contributed by atoms with Crippen LogP contribution in [0.5, 0.6) is 0 Å². The first-order chi connectivity index (χ1) is 9.59. The van der Waals surface area contributed by atoms with Crippen molar-refractivity contribution in [1.82, 2.24) is 5.32 Å². The van der Waals surface area contributed by atoms with Gasteiger partial charge in [0.15, 0.2) is 0 Å². The standard InChI is InChI=1S/C13H15Cl5N2O/c1-7(2)5-11(21)20-12(13(16,17)18)19-10-4-3-8(14)6-9(10)15/h3-4,6-7,12,19H,5H2,1-2H3,(H,20,21)/t12-/m0/s1. The number of alkyl halides is 3. The van der Waals surface area contributed by atoms with E-state index in [1.807, 2.05) is 13.8 Å². The average molecular weight is 393 g/mol. The van der Waals surface area contributed by atoms with Gasteiger partial charge >= 0.3 is 0 Å². The topological polar surface area (TPSA) is 41.1 Å². The number of carbonyl (C=O) groups excluding carboxylic acids is 1. The van der Waals surface area contributed by atoms with Crippen LogP contribution in [-0.4, -0.2) is 15.9 Å². The molecule has 0 aliphatic heterocycles. The summed E-state index contributed by atoms with van der Waals surface area (Å²) < 4.78 is -1.74. The Morgan fingerprint density at radius 2 is 1.86 bits per heavy atom. The van der Waals surface area contributed by atoms with Crippen molar-refractivity contribution in [3.8, 4) is 0 Å². The summed E-state index contributed by atoms with van der Waals surface area (Å²) in [6.07, 6.45) is -0.597. The molecule has 1 amide bonds. The first kappa shape index (κ1) is 19.0. The van der Waals surface area contributed by atoms with Crippen LogP contribution in [-0.2, 0) is 4.79 Å². The Balaban J connectivity index is 2.86. The van der Waals surface area contributed by atoms with E-state index in [-0.39, 0.29) is 11.8 Å². The fourth-order valence-corrected chi connectivity index (χ4v) is 2.34. The van der Waals surface area contributed by atoms with Gasteiger partial charge in [-0.25, -0.2) is 0 Å². The molecule has 0 saturated heterocycles. The lowest BCUT2D eigenvalue weighted by molar-refractivity contribution is -0.122. The zero-order valence-corrected chi connectivity index (χ0v) is 15.2. The number of hydrogen-bond acceptors (Lipinski definition) is 2. The molecule has 0 aliphatic carbocycles. The van der Waals surface area contributed by atoms with Crippen LogP contribution in [0, 0.1) is 5.92 Å². The molecule has 0 heterocycles. The smallest absolute Gasteiger partial charge is 0.228 e. The lowest BCUT2D eigenvalue weighted by Gasteiger charge is -2.28. The van der Waals surface area contributed by atoms with Gasteiger partial charge < -0.3 is 10.6 Å². The van der Waals surface area contributed by atoms with Crippen LogP contribution in [0.1, 0.15) is 20.3 Å². The van der Waals surface area contributed by atoms with Crippen LogP contribution in [0.15, 0.2) is 18.2 Å². The molecule has 3 nitrogen and oxygen atoms in total. The minimum Gasteiger partial charge on any atom is -0.361 e. The van der Waals surface area contributed by atoms with Gasteiger partial charge in [-0.1, -0.05) is 71.9 Å². The van der Waals surface area contributed by atoms with Gasteiger partial charge in [0, 0.05) is 11.4 Å². The van der Waals surface area contributed by atoms with E-state index < -0.39 is 9.96 Å². The van der Waals surface area contributed by atoms with Crippen LogP contribution in [0.25, 0.3) is 0 Å². The van der Waals surface area contributed by atoms with Gasteiger partial charge in [-0.05, 0) is 24.1 Å². The highest BCUT2D eigenvalue weighted by molar-refractivity contribution is 6.68. The maximum atomic E-state index is 11.9. The van der Waals surface area contributed by atoms with Crippen LogP contribution < -0.4 is 10.6 Å². The van der Waals surface area contributed by atoms with Gasteiger partial charge in [0.2, 0.25) is 9.70 Å². The molecule has 0 saturated carbocycles. The van der Waals surface area contributed by atoms with E-state index in [0.29, 0.717) is 22.2 Å². The van der Waals surface area contributed by atoms with E-state index in [9.17, 15) is 4.79 Å². The third kappa shape index (κ3) is 6.70. The molecule has 0 unspecified atom stereocenters. The minimum absolute atomic E-state index is 0.195. The van der Waals surface area contributed by atoms with Gasteiger partial charge in [-0.2, -0.15) is 0 Å². The molecular weight excluding hydrogens is 377 g/mol. The van der Waals surface area contributed by atoms with Crippen molar-refractivity contribution in [3.05, 3.63) is 28.2 Å². The second kappa shape index (κ2) is 7.98. The Hall–Kier alpha value is -0.0600. The molecule has 1 rings (SSSR count). The van der Waals surface area contributed by atoms with Gasteiger partial charge in [-0.15, -0.1) is 0 Å². The number of benzene rings is 1. The molecule has 21 heavy (non-hydrogen) atoms. The van der Waals surface area contributed by atoms with Crippen LogP contribution in [0.3, 0.4) is 0 Å². The van der Waals surface area contributed by atoms with Crippen molar-refractivity contribution in [2.24, 2.45) is 5.92 Å². The Morgan fingerprint density at radius 1 is 1.24 bits per heavy atom. The van der Waals surface area contributed by atoms with Crippen molar-refractivity contribution >= 4 is 69.6 Å². The monoisotopic (exact) mass is 390 g/mol. The fourth-order valence-electron chi connectivity index (χ4n) is 1.55. The second-order valence-corrected chi connectivity index (χ2v) is 8.12. The number of hydrogen-bond donors (Lipinski definition) is 2. The lowest BCUT2D eigenvalue weighted by Crippen LogP contribution is -2.49. The van der Waals surface area contributed by atoms with E-state index in [1.165, 1.54) is 0 Å². The second-order valence-electron chi connectivity index (χ2n) is 4.91. The summed E-state index contributed by atoms with van der Waals surface area (Å²) in [6, 6.07) is 4.83. The summed E-state index contributed by atoms with van der Waals surface area (Å²) in [6.45, 7) is 3.85. The highest BCUT2D eigenvalue weighted by Gasteiger charge is 2.34. The molecule has 1 atom stereocenters. The first-order valence-electron chi connectivity index (χ1n) is 6.17. The van der Waals surface area contributed by atoms with Crippen LogP contribution in [0.2, 0.25) is 10.0 Å². The zero-order valence-electron chi connectivity index (χ0n) is 11.4.